The van der Waals surface area contributed by atoms with Gasteiger partial charge in [0.1, 0.15) is 11.2 Å². The Morgan fingerprint density at radius 3 is 1.66 bits per heavy atom. The zero-order chi connectivity index (χ0) is 37.8. The third kappa shape index (κ3) is 4.69. The van der Waals surface area contributed by atoms with E-state index in [4.69, 9.17) is 4.42 Å². The first-order chi connectivity index (χ1) is 27.3. The van der Waals surface area contributed by atoms with Gasteiger partial charge in [-0.1, -0.05) is 155 Å². The number of nitrogens with zero attached hydrogens (tertiary/aromatic N) is 1. The minimum absolute atomic E-state index is 0.120. The van der Waals surface area contributed by atoms with E-state index in [9.17, 15) is 0 Å². The molecule has 56 heavy (non-hydrogen) atoms. The highest BCUT2D eigenvalue weighted by Gasteiger charge is 2.38. The minimum atomic E-state index is -0.125. The van der Waals surface area contributed by atoms with Crippen molar-refractivity contribution in [2.24, 2.45) is 0 Å². The average Bonchev–Trinajstić information content (AvgIpc) is 3.81. The topological polar surface area (TPSA) is 16.4 Å². The molecule has 0 atom stereocenters. The molecular weight excluding hydrogens is 679 g/mol. The van der Waals surface area contributed by atoms with E-state index in [1.807, 2.05) is 6.07 Å². The van der Waals surface area contributed by atoms with Gasteiger partial charge in [0.2, 0.25) is 0 Å². The molecule has 0 unspecified atom stereocenters. The number of furan rings is 1. The van der Waals surface area contributed by atoms with Gasteiger partial charge in [0.15, 0.2) is 0 Å². The van der Waals surface area contributed by atoms with Crippen LogP contribution in [0.3, 0.4) is 0 Å². The van der Waals surface area contributed by atoms with Crippen molar-refractivity contribution in [1.29, 1.82) is 0 Å². The molecule has 1 aromatic heterocycles. The summed E-state index contributed by atoms with van der Waals surface area (Å²) in [5, 5.41) is 2.28. The quantitative estimate of drug-likeness (QED) is 0.176. The Labute approximate surface area is 328 Å². The zero-order valence-electron chi connectivity index (χ0n) is 32.1. The van der Waals surface area contributed by atoms with Gasteiger partial charge in [-0.25, -0.2) is 0 Å². The van der Waals surface area contributed by atoms with E-state index >= 15 is 0 Å². The van der Waals surface area contributed by atoms with Crippen LogP contribution >= 0.6 is 0 Å². The molecule has 268 valence electrons. The molecule has 0 saturated heterocycles. The maximum absolute atomic E-state index is 6.33. The number of rotatable bonds is 5. The summed E-state index contributed by atoms with van der Waals surface area (Å²) in [6.45, 7) is 9.46. The number of hydrogen-bond donors (Lipinski definition) is 0. The second kappa shape index (κ2) is 11.9. The molecule has 2 aliphatic rings. The largest absolute Gasteiger partial charge is 0.456 e. The van der Waals surface area contributed by atoms with Crippen molar-refractivity contribution in [2.45, 2.75) is 38.5 Å². The molecule has 0 spiro atoms. The van der Waals surface area contributed by atoms with Gasteiger partial charge >= 0.3 is 0 Å². The van der Waals surface area contributed by atoms with Crippen LogP contribution in [0.25, 0.3) is 66.4 Å². The predicted octanol–water partition coefficient (Wildman–Crippen LogP) is 15.0. The zero-order valence-corrected chi connectivity index (χ0v) is 32.1. The summed E-state index contributed by atoms with van der Waals surface area (Å²) in [6, 6.07) is 64.6. The second-order valence-electron chi connectivity index (χ2n) is 16.5. The van der Waals surface area contributed by atoms with Crippen LogP contribution < -0.4 is 4.90 Å². The molecule has 0 fully saturated rings. The summed E-state index contributed by atoms with van der Waals surface area (Å²) in [5.41, 5.74) is 20.6. The summed E-state index contributed by atoms with van der Waals surface area (Å²) in [5.74, 6) is 0. The van der Waals surface area contributed by atoms with E-state index in [0.29, 0.717) is 0 Å². The van der Waals surface area contributed by atoms with Crippen molar-refractivity contribution < 1.29 is 4.42 Å². The lowest BCUT2D eigenvalue weighted by Gasteiger charge is -2.29. The first-order valence-corrected chi connectivity index (χ1v) is 19.7. The van der Waals surface area contributed by atoms with Gasteiger partial charge in [-0.05, 0) is 115 Å². The Morgan fingerprint density at radius 1 is 0.375 bits per heavy atom. The molecular formula is C54H41NO. The summed E-state index contributed by atoms with van der Waals surface area (Å²) in [4.78, 5) is 2.45. The Hall–Kier alpha value is -6.64. The monoisotopic (exact) mass is 719 g/mol. The molecule has 0 aliphatic heterocycles. The Bertz CT molecular complexity index is 3050. The number of benzene rings is 8. The van der Waals surface area contributed by atoms with Crippen LogP contribution in [-0.4, -0.2) is 0 Å². The summed E-state index contributed by atoms with van der Waals surface area (Å²) in [6.07, 6.45) is 0. The van der Waals surface area contributed by atoms with Gasteiger partial charge in [-0.15, -0.1) is 0 Å². The van der Waals surface area contributed by atoms with Gasteiger partial charge in [-0.3, -0.25) is 0 Å². The first kappa shape index (κ1) is 32.8. The van der Waals surface area contributed by atoms with Crippen molar-refractivity contribution in [3.8, 4) is 44.5 Å². The molecule has 11 rings (SSSR count). The van der Waals surface area contributed by atoms with Crippen molar-refractivity contribution in [3.63, 3.8) is 0 Å². The van der Waals surface area contributed by atoms with Crippen LogP contribution in [0, 0.1) is 0 Å². The van der Waals surface area contributed by atoms with Crippen LogP contribution in [0.4, 0.5) is 17.1 Å². The lowest BCUT2D eigenvalue weighted by molar-refractivity contribution is 0.660. The van der Waals surface area contributed by atoms with Crippen LogP contribution in [0.1, 0.15) is 49.9 Å². The predicted molar refractivity (Wildman–Crippen MR) is 234 cm³/mol. The minimum Gasteiger partial charge on any atom is -0.456 e. The molecule has 2 aliphatic carbocycles. The van der Waals surface area contributed by atoms with E-state index in [-0.39, 0.29) is 10.8 Å². The average molecular weight is 720 g/mol. The molecule has 2 nitrogen and oxygen atoms in total. The smallest absolute Gasteiger partial charge is 0.136 e. The van der Waals surface area contributed by atoms with Crippen LogP contribution in [0.2, 0.25) is 0 Å². The first-order valence-electron chi connectivity index (χ1n) is 19.7. The lowest BCUT2D eigenvalue weighted by atomic mass is 9.79. The highest BCUT2D eigenvalue weighted by atomic mass is 16.3. The molecule has 0 N–H and O–H groups in total. The van der Waals surface area contributed by atoms with Crippen molar-refractivity contribution in [3.05, 3.63) is 198 Å². The number of anilines is 3. The van der Waals surface area contributed by atoms with E-state index in [1.165, 1.54) is 55.6 Å². The second-order valence-corrected chi connectivity index (χ2v) is 16.5. The molecule has 0 saturated carbocycles. The molecule has 8 aromatic carbocycles. The fraction of sp³-hybridized carbons (Fsp3) is 0.111. The van der Waals surface area contributed by atoms with Gasteiger partial charge in [0, 0.05) is 38.7 Å². The molecule has 9 aromatic rings. The van der Waals surface area contributed by atoms with Gasteiger partial charge in [-0.2, -0.15) is 0 Å². The van der Waals surface area contributed by atoms with E-state index < -0.39 is 0 Å². The maximum atomic E-state index is 6.33. The van der Waals surface area contributed by atoms with Crippen molar-refractivity contribution in [2.75, 3.05) is 4.90 Å². The molecule has 1 heterocycles. The lowest BCUT2D eigenvalue weighted by Crippen LogP contribution is -2.17. The Kier molecular flexibility index (Phi) is 6.98. The van der Waals surface area contributed by atoms with Gasteiger partial charge < -0.3 is 9.32 Å². The fourth-order valence-corrected chi connectivity index (χ4v) is 10.0. The normalized spacial score (nSPS) is 14.4. The number of para-hydroxylation sites is 1. The molecule has 0 bridgehead atoms. The van der Waals surface area contributed by atoms with Crippen LogP contribution in [0.15, 0.2) is 180 Å². The number of hydrogen-bond acceptors (Lipinski definition) is 2. The SMILES string of the molecule is CC1(C)c2ccccc2-c2ccc(N(c3cccc(-c4cccc5c4C(C)(C)c4ccccc4-5)c3)c3cccc(-c4cccc5oc6ccccc6c45)c3)cc21. The number of fused-ring (bicyclic) bond motifs is 9. The highest BCUT2D eigenvalue weighted by molar-refractivity contribution is 6.12. The maximum Gasteiger partial charge on any atom is 0.136 e. The Morgan fingerprint density at radius 2 is 0.893 bits per heavy atom. The third-order valence-corrected chi connectivity index (χ3v) is 12.6. The van der Waals surface area contributed by atoms with Crippen LogP contribution in [-0.2, 0) is 10.8 Å². The van der Waals surface area contributed by atoms with Gasteiger partial charge in [0.05, 0.1) is 0 Å². The van der Waals surface area contributed by atoms with Crippen molar-refractivity contribution >= 4 is 39.0 Å². The molecule has 0 amide bonds. The summed E-state index contributed by atoms with van der Waals surface area (Å²) in [7, 11) is 0. The third-order valence-electron chi connectivity index (χ3n) is 12.6. The van der Waals surface area contributed by atoms with E-state index in [2.05, 4.69) is 202 Å². The van der Waals surface area contributed by atoms with Gasteiger partial charge in [0.25, 0.3) is 0 Å². The highest BCUT2D eigenvalue weighted by Crippen LogP contribution is 2.54. The van der Waals surface area contributed by atoms with Crippen molar-refractivity contribution in [1.82, 2.24) is 0 Å². The van der Waals surface area contributed by atoms with E-state index in [0.717, 1.165) is 50.1 Å². The Balaban J connectivity index is 1.11. The summed E-state index contributed by atoms with van der Waals surface area (Å²) < 4.78 is 6.33. The molecule has 2 heteroatoms. The molecule has 0 radical (unpaired) electrons. The summed E-state index contributed by atoms with van der Waals surface area (Å²) >= 11 is 0. The standard InChI is InChI=1S/C54H41NO/c1-53(2)46-25-8-5-19-41(46)43-30-29-38(33-48(43)53)55(36-17-11-15-34(31-36)39-22-14-28-50-51(39)45-21-7-10-27-49(45)56-50)37-18-12-16-35(32-37)40-23-13-24-44-42-20-6-9-26-47(42)54(3,4)52(40)44/h5-33H,1-4H3. The fourth-order valence-electron chi connectivity index (χ4n) is 10.0. The van der Waals surface area contributed by atoms with Crippen LogP contribution in [0.5, 0.6) is 0 Å². The van der Waals surface area contributed by atoms with E-state index in [1.54, 1.807) is 0 Å².